The van der Waals surface area contributed by atoms with Crippen LogP contribution in [-0.2, 0) is 22.9 Å². The molecule has 0 atom stereocenters. The highest BCUT2D eigenvalue weighted by Crippen LogP contribution is 2.37. The number of amides is 1. The van der Waals surface area contributed by atoms with Crippen LogP contribution in [0.2, 0.25) is 0 Å². The molecule has 1 aliphatic rings. The normalized spacial score (nSPS) is 16.6. The summed E-state index contributed by atoms with van der Waals surface area (Å²) in [7, 11) is 0. The molecule has 1 N–H and O–H groups in total. The molecule has 1 saturated heterocycles. The minimum atomic E-state index is -4.42. The van der Waals surface area contributed by atoms with E-state index in [1.807, 2.05) is 30.3 Å². The predicted octanol–water partition coefficient (Wildman–Crippen LogP) is 5.70. The average Bonchev–Trinajstić information content (AvgIpc) is 2.68. The second kappa shape index (κ2) is 8.75. The maximum absolute atomic E-state index is 13.0. The molecule has 0 spiro atoms. The highest BCUT2D eigenvalue weighted by Gasteiger charge is 2.38. The number of rotatable bonds is 5. The number of hydrogen-bond donors (Lipinski definition) is 1. The molecule has 156 valence electrons. The molecule has 1 fully saturated rings. The standard InChI is InChI=1S/C21H21BrF3NO3/c22-18-11-15(10-17(12-18)21(23,24)25)13-29-14-20(16-4-2-1-3-5-16)6-8-26(9-7-20)19(27)28/h1-5,10-12H,6-9,13-14H2,(H,27,28). The van der Waals surface area contributed by atoms with Crippen LogP contribution in [0.3, 0.4) is 0 Å². The highest BCUT2D eigenvalue weighted by molar-refractivity contribution is 9.10. The lowest BCUT2D eigenvalue weighted by Crippen LogP contribution is -2.46. The Labute approximate surface area is 175 Å². The first kappa shape index (κ1) is 21.6. The molecular formula is C21H21BrF3NO3. The Balaban J connectivity index is 1.74. The van der Waals surface area contributed by atoms with Gasteiger partial charge in [-0.3, -0.25) is 0 Å². The van der Waals surface area contributed by atoms with Crippen molar-refractivity contribution in [3.8, 4) is 0 Å². The van der Waals surface area contributed by atoms with E-state index in [4.69, 9.17) is 4.74 Å². The van der Waals surface area contributed by atoms with Gasteiger partial charge in [0.15, 0.2) is 0 Å². The maximum atomic E-state index is 13.0. The summed E-state index contributed by atoms with van der Waals surface area (Å²) in [4.78, 5) is 12.6. The second-order valence-electron chi connectivity index (χ2n) is 7.25. The molecule has 0 radical (unpaired) electrons. The SMILES string of the molecule is O=C(O)N1CCC(COCc2cc(Br)cc(C(F)(F)F)c2)(c2ccccc2)CC1. The van der Waals surface area contributed by atoms with E-state index in [1.165, 1.54) is 4.90 Å². The van der Waals surface area contributed by atoms with Crippen LogP contribution in [0.5, 0.6) is 0 Å². The number of hydrogen-bond acceptors (Lipinski definition) is 2. The molecule has 2 aromatic carbocycles. The number of carbonyl (C=O) groups is 1. The fourth-order valence-corrected chi connectivity index (χ4v) is 4.24. The summed E-state index contributed by atoms with van der Waals surface area (Å²) in [5.74, 6) is 0. The molecule has 0 aliphatic carbocycles. The molecule has 0 saturated carbocycles. The Hall–Kier alpha value is -2.06. The number of alkyl halides is 3. The fraction of sp³-hybridized carbons (Fsp3) is 0.381. The summed E-state index contributed by atoms with van der Waals surface area (Å²) >= 11 is 3.12. The molecule has 1 aliphatic heterocycles. The summed E-state index contributed by atoms with van der Waals surface area (Å²) in [6.45, 7) is 1.13. The zero-order chi connectivity index (χ0) is 21.1. The van der Waals surface area contributed by atoms with Crippen LogP contribution in [0.15, 0.2) is 53.0 Å². The Morgan fingerprint density at radius 2 is 1.79 bits per heavy atom. The van der Waals surface area contributed by atoms with Gasteiger partial charge < -0.3 is 14.7 Å². The number of carboxylic acid groups (broad SMARTS) is 1. The smallest absolute Gasteiger partial charge is 0.416 e. The predicted molar refractivity (Wildman–Crippen MR) is 106 cm³/mol. The average molecular weight is 472 g/mol. The van der Waals surface area contributed by atoms with Crippen LogP contribution < -0.4 is 0 Å². The summed E-state index contributed by atoms with van der Waals surface area (Å²) in [6, 6.07) is 13.5. The van der Waals surface area contributed by atoms with E-state index >= 15 is 0 Å². The molecule has 0 unspecified atom stereocenters. The monoisotopic (exact) mass is 471 g/mol. The van der Waals surface area contributed by atoms with Gasteiger partial charge >= 0.3 is 12.3 Å². The van der Waals surface area contributed by atoms with Crippen molar-refractivity contribution in [1.82, 2.24) is 4.90 Å². The van der Waals surface area contributed by atoms with Gasteiger partial charge in [-0.25, -0.2) is 4.79 Å². The minimum absolute atomic E-state index is 0.0414. The van der Waals surface area contributed by atoms with Crippen LogP contribution >= 0.6 is 15.9 Å². The third kappa shape index (κ3) is 5.30. The van der Waals surface area contributed by atoms with Crippen molar-refractivity contribution in [2.75, 3.05) is 19.7 Å². The van der Waals surface area contributed by atoms with Gasteiger partial charge in [-0.05, 0) is 42.2 Å². The quantitative estimate of drug-likeness (QED) is 0.608. The van der Waals surface area contributed by atoms with Gasteiger partial charge in [0.05, 0.1) is 18.8 Å². The lowest BCUT2D eigenvalue weighted by atomic mass is 9.73. The van der Waals surface area contributed by atoms with Gasteiger partial charge in [-0.2, -0.15) is 13.2 Å². The molecule has 29 heavy (non-hydrogen) atoms. The third-order valence-corrected chi connectivity index (χ3v) is 5.77. The van der Waals surface area contributed by atoms with E-state index in [2.05, 4.69) is 15.9 Å². The Kier molecular flexibility index (Phi) is 6.53. The number of likely N-dealkylation sites (tertiary alicyclic amines) is 1. The largest absolute Gasteiger partial charge is 0.465 e. The van der Waals surface area contributed by atoms with Crippen LogP contribution in [0, 0.1) is 0 Å². The molecule has 1 amide bonds. The minimum Gasteiger partial charge on any atom is -0.465 e. The molecule has 3 rings (SSSR count). The van der Waals surface area contributed by atoms with E-state index in [9.17, 15) is 23.1 Å². The van der Waals surface area contributed by atoms with Gasteiger partial charge in [0.2, 0.25) is 0 Å². The third-order valence-electron chi connectivity index (χ3n) is 5.31. The summed E-state index contributed by atoms with van der Waals surface area (Å²) < 4.78 is 45.3. The van der Waals surface area contributed by atoms with E-state index in [1.54, 1.807) is 6.07 Å². The lowest BCUT2D eigenvalue weighted by Gasteiger charge is -2.41. The Bertz CT molecular complexity index is 850. The fourth-order valence-electron chi connectivity index (χ4n) is 3.70. The van der Waals surface area contributed by atoms with Crippen molar-refractivity contribution >= 4 is 22.0 Å². The van der Waals surface area contributed by atoms with Gasteiger partial charge in [0.25, 0.3) is 0 Å². The van der Waals surface area contributed by atoms with Crippen molar-refractivity contribution in [3.63, 3.8) is 0 Å². The number of piperidine rings is 1. The van der Waals surface area contributed by atoms with Crippen LogP contribution in [-0.4, -0.2) is 35.8 Å². The van der Waals surface area contributed by atoms with Gasteiger partial charge in [0.1, 0.15) is 0 Å². The highest BCUT2D eigenvalue weighted by atomic mass is 79.9. The van der Waals surface area contributed by atoms with Crippen LogP contribution in [0.25, 0.3) is 0 Å². The van der Waals surface area contributed by atoms with Gasteiger partial charge in [-0.15, -0.1) is 0 Å². The zero-order valence-electron chi connectivity index (χ0n) is 15.6. The summed E-state index contributed by atoms with van der Waals surface area (Å²) in [5, 5.41) is 9.22. The van der Waals surface area contributed by atoms with Crippen LogP contribution in [0.4, 0.5) is 18.0 Å². The van der Waals surface area contributed by atoms with Crippen molar-refractivity contribution in [3.05, 3.63) is 69.7 Å². The Morgan fingerprint density at radius 3 is 2.38 bits per heavy atom. The number of ether oxygens (including phenoxy) is 1. The van der Waals surface area contributed by atoms with Crippen molar-refractivity contribution in [1.29, 1.82) is 0 Å². The summed E-state index contributed by atoms with van der Waals surface area (Å²) in [5.41, 5.74) is 0.387. The summed E-state index contributed by atoms with van der Waals surface area (Å²) in [6.07, 6.45) is -4.18. The molecule has 2 aromatic rings. The van der Waals surface area contributed by atoms with Crippen molar-refractivity contribution in [2.24, 2.45) is 0 Å². The first-order valence-electron chi connectivity index (χ1n) is 9.17. The first-order valence-corrected chi connectivity index (χ1v) is 9.97. The maximum Gasteiger partial charge on any atom is 0.416 e. The molecule has 8 heteroatoms. The van der Waals surface area contributed by atoms with E-state index in [0.717, 1.165) is 17.7 Å². The van der Waals surface area contributed by atoms with E-state index < -0.39 is 17.8 Å². The molecular weight excluding hydrogens is 451 g/mol. The van der Waals surface area contributed by atoms with Gasteiger partial charge in [0, 0.05) is 23.0 Å². The lowest BCUT2D eigenvalue weighted by molar-refractivity contribution is -0.137. The molecule has 4 nitrogen and oxygen atoms in total. The van der Waals surface area contributed by atoms with Crippen LogP contribution in [0.1, 0.15) is 29.5 Å². The number of nitrogens with zero attached hydrogens (tertiary/aromatic N) is 1. The topological polar surface area (TPSA) is 49.8 Å². The number of benzene rings is 2. The Morgan fingerprint density at radius 1 is 1.14 bits per heavy atom. The van der Waals surface area contributed by atoms with E-state index in [-0.39, 0.29) is 12.0 Å². The van der Waals surface area contributed by atoms with Gasteiger partial charge in [-0.1, -0.05) is 46.3 Å². The molecule has 0 bridgehead atoms. The molecule has 0 aromatic heterocycles. The van der Waals surface area contributed by atoms with E-state index in [0.29, 0.717) is 42.6 Å². The zero-order valence-corrected chi connectivity index (χ0v) is 17.2. The first-order chi connectivity index (χ1) is 13.7. The molecule has 1 heterocycles. The second-order valence-corrected chi connectivity index (χ2v) is 8.17. The van der Waals surface area contributed by atoms with Crippen molar-refractivity contribution in [2.45, 2.75) is 31.0 Å². The number of halogens is 4. The van der Waals surface area contributed by atoms with Crippen molar-refractivity contribution < 1.29 is 27.8 Å².